The molecular formula is C16H14ClN. The molecule has 90 valence electrons. The molecule has 0 saturated heterocycles. The van der Waals surface area contributed by atoms with Gasteiger partial charge in [-0.2, -0.15) is 0 Å². The summed E-state index contributed by atoms with van der Waals surface area (Å²) < 4.78 is 2.27. The molecule has 0 aliphatic carbocycles. The first-order valence-corrected chi connectivity index (χ1v) is 6.40. The fourth-order valence-electron chi connectivity index (χ4n) is 2.22. The summed E-state index contributed by atoms with van der Waals surface area (Å²) in [7, 11) is 0. The number of nitrogens with zero attached hydrogens (tertiary/aromatic N) is 1. The quantitative estimate of drug-likeness (QED) is 0.628. The minimum absolute atomic E-state index is 0.784. The van der Waals surface area contributed by atoms with Crippen molar-refractivity contribution in [2.75, 3.05) is 0 Å². The van der Waals surface area contributed by atoms with E-state index in [2.05, 4.69) is 54.1 Å². The average Bonchev–Trinajstić information content (AvgIpc) is 2.75. The third kappa shape index (κ3) is 2.14. The zero-order chi connectivity index (χ0) is 12.5. The highest BCUT2D eigenvalue weighted by atomic mass is 35.5. The van der Waals surface area contributed by atoms with Gasteiger partial charge in [0.25, 0.3) is 0 Å². The number of halogens is 1. The molecule has 3 aromatic rings. The molecule has 2 heteroatoms. The van der Waals surface area contributed by atoms with Crippen molar-refractivity contribution >= 4 is 22.5 Å². The van der Waals surface area contributed by atoms with Gasteiger partial charge in [-0.05, 0) is 47.7 Å². The lowest BCUT2D eigenvalue weighted by atomic mass is 10.2. The molecule has 0 atom stereocenters. The van der Waals surface area contributed by atoms with E-state index in [-0.39, 0.29) is 0 Å². The smallest absolute Gasteiger partial charge is 0.0486 e. The number of rotatable bonds is 2. The van der Waals surface area contributed by atoms with E-state index < -0.39 is 0 Å². The SMILES string of the molecule is Cc1ccc2ccn(Cc3ccc(Cl)cc3)c2c1. The van der Waals surface area contributed by atoms with E-state index in [0.717, 1.165) is 11.6 Å². The second-order valence-electron chi connectivity index (χ2n) is 4.63. The third-order valence-corrected chi connectivity index (χ3v) is 3.45. The lowest BCUT2D eigenvalue weighted by Gasteiger charge is -2.06. The first-order valence-electron chi connectivity index (χ1n) is 6.02. The maximum Gasteiger partial charge on any atom is 0.0486 e. The molecule has 0 fully saturated rings. The molecule has 1 heterocycles. The number of fused-ring (bicyclic) bond motifs is 1. The van der Waals surface area contributed by atoms with Crippen LogP contribution in [0.5, 0.6) is 0 Å². The van der Waals surface area contributed by atoms with Crippen LogP contribution in [0, 0.1) is 6.92 Å². The van der Waals surface area contributed by atoms with Crippen LogP contribution in [0.1, 0.15) is 11.1 Å². The Morgan fingerprint density at radius 3 is 2.56 bits per heavy atom. The van der Waals surface area contributed by atoms with Crippen LogP contribution in [-0.2, 0) is 6.54 Å². The van der Waals surface area contributed by atoms with Gasteiger partial charge in [0.2, 0.25) is 0 Å². The van der Waals surface area contributed by atoms with Crippen LogP contribution >= 0.6 is 11.6 Å². The number of hydrogen-bond donors (Lipinski definition) is 0. The van der Waals surface area contributed by atoms with Crippen molar-refractivity contribution < 1.29 is 0 Å². The Labute approximate surface area is 112 Å². The zero-order valence-corrected chi connectivity index (χ0v) is 11.0. The van der Waals surface area contributed by atoms with Gasteiger partial charge in [0.15, 0.2) is 0 Å². The minimum atomic E-state index is 0.784. The molecular weight excluding hydrogens is 242 g/mol. The van der Waals surface area contributed by atoms with Crippen molar-refractivity contribution in [3.05, 3.63) is 70.9 Å². The molecule has 0 unspecified atom stereocenters. The standard InChI is InChI=1S/C16H14ClN/c1-12-2-5-14-8-9-18(16(14)10-12)11-13-3-6-15(17)7-4-13/h2-10H,11H2,1H3. The highest BCUT2D eigenvalue weighted by Gasteiger charge is 2.02. The van der Waals surface area contributed by atoms with Crippen molar-refractivity contribution in [2.24, 2.45) is 0 Å². The van der Waals surface area contributed by atoms with Crippen molar-refractivity contribution in [2.45, 2.75) is 13.5 Å². The Balaban J connectivity index is 1.99. The van der Waals surface area contributed by atoms with Gasteiger partial charge in [-0.25, -0.2) is 0 Å². The highest BCUT2D eigenvalue weighted by molar-refractivity contribution is 6.30. The number of benzene rings is 2. The highest BCUT2D eigenvalue weighted by Crippen LogP contribution is 2.19. The topological polar surface area (TPSA) is 4.93 Å². The van der Waals surface area contributed by atoms with E-state index in [1.54, 1.807) is 0 Å². The van der Waals surface area contributed by atoms with Crippen LogP contribution < -0.4 is 0 Å². The van der Waals surface area contributed by atoms with E-state index in [9.17, 15) is 0 Å². The maximum absolute atomic E-state index is 5.90. The molecule has 2 aromatic carbocycles. The summed E-state index contributed by atoms with van der Waals surface area (Å²) >= 11 is 5.90. The summed E-state index contributed by atoms with van der Waals surface area (Å²) in [4.78, 5) is 0. The van der Waals surface area contributed by atoms with Gasteiger partial charge in [0.1, 0.15) is 0 Å². The Hall–Kier alpha value is -1.73. The van der Waals surface area contributed by atoms with Gasteiger partial charge in [0.05, 0.1) is 0 Å². The Morgan fingerprint density at radius 2 is 1.78 bits per heavy atom. The summed E-state index contributed by atoms with van der Waals surface area (Å²) in [5.74, 6) is 0. The number of aryl methyl sites for hydroxylation is 1. The molecule has 0 spiro atoms. The van der Waals surface area contributed by atoms with Crippen LogP contribution in [0.25, 0.3) is 10.9 Å². The molecule has 0 amide bonds. The summed E-state index contributed by atoms with van der Waals surface area (Å²) in [6.45, 7) is 3.00. The lowest BCUT2D eigenvalue weighted by Crippen LogP contribution is -1.97. The predicted molar refractivity (Wildman–Crippen MR) is 77.2 cm³/mol. The second kappa shape index (κ2) is 4.51. The largest absolute Gasteiger partial charge is 0.343 e. The van der Waals surface area contributed by atoms with E-state index in [1.165, 1.54) is 22.0 Å². The van der Waals surface area contributed by atoms with Crippen molar-refractivity contribution in [3.8, 4) is 0 Å². The molecule has 1 nitrogen and oxygen atoms in total. The lowest BCUT2D eigenvalue weighted by molar-refractivity contribution is 0.836. The number of aromatic nitrogens is 1. The Kier molecular flexibility index (Phi) is 2.85. The summed E-state index contributed by atoms with van der Waals surface area (Å²) in [5.41, 5.74) is 3.84. The first kappa shape index (κ1) is 11.4. The second-order valence-corrected chi connectivity index (χ2v) is 5.07. The summed E-state index contributed by atoms with van der Waals surface area (Å²) in [6.07, 6.45) is 2.14. The fraction of sp³-hybridized carbons (Fsp3) is 0.125. The Bertz CT molecular complexity index is 680. The van der Waals surface area contributed by atoms with Crippen LogP contribution in [0.15, 0.2) is 54.7 Å². The molecule has 0 N–H and O–H groups in total. The van der Waals surface area contributed by atoms with Crippen LogP contribution in [0.4, 0.5) is 0 Å². The summed E-state index contributed by atoms with van der Waals surface area (Å²) in [6, 6.07) is 16.7. The monoisotopic (exact) mass is 255 g/mol. The molecule has 0 bridgehead atoms. The molecule has 0 saturated carbocycles. The molecule has 0 aliphatic rings. The maximum atomic E-state index is 5.90. The predicted octanol–water partition coefficient (Wildman–Crippen LogP) is 4.65. The normalized spacial score (nSPS) is 11.0. The first-order chi connectivity index (χ1) is 8.72. The van der Waals surface area contributed by atoms with Crippen LogP contribution in [0.3, 0.4) is 0 Å². The fourth-order valence-corrected chi connectivity index (χ4v) is 2.34. The van der Waals surface area contributed by atoms with E-state index in [1.807, 2.05) is 12.1 Å². The van der Waals surface area contributed by atoms with Crippen molar-refractivity contribution in [1.82, 2.24) is 4.57 Å². The minimum Gasteiger partial charge on any atom is -0.343 e. The van der Waals surface area contributed by atoms with E-state index >= 15 is 0 Å². The van der Waals surface area contributed by atoms with Crippen molar-refractivity contribution in [3.63, 3.8) is 0 Å². The van der Waals surface area contributed by atoms with Gasteiger partial charge in [-0.3, -0.25) is 0 Å². The average molecular weight is 256 g/mol. The molecule has 18 heavy (non-hydrogen) atoms. The van der Waals surface area contributed by atoms with Gasteiger partial charge in [0, 0.05) is 23.3 Å². The van der Waals surface area contributed by atoms with Crippen LogP contribution in [-0.4, -0.2) is 4.57 Å². The molecule has 1 aromatic heterocycles. The molecule has 0 radical (unpaired) electrons. The summed E-state index contributed by atoms with van der Waals surface area (Å²) in [5, 5.41) is 2.07. The van der Waals surface area contributed by atoms with Crippen molar-refractivity contribution in [1.29, 1.82) is 0 Å². The van der Waals surface area contributed by atoms with E-state index in [0.29, 0.717) is 0 Å². The van der Waals surface area contributed by atoms with Gasteiger partial charge < -0.3 is 4.57 Å². The third-order valence-electron chi connectivity index (χ3n) is 3.20. The zero-order valence-electron chi connectivity index (χ0n) is 10.2. The van der Waals surface area contributed by atoms with Gasteiger partial charge in [-0.1, -0.05) is 35.9 Å². The van der Waals surface area contributed by atoms with Gasteiger partial charge in [-0.15, -0.1) is 0 Å². The van der Waals surface area contributed by atoms with Crippen LogP contribution in [0.2, 0.25) is 5.02 Å². The molecule has 0 aliphatic heterocycles. The molecule has 3 rings (SSSR count). The Morgan fingerprint density at radius 1 is 1.00 bits per heavy atom. The van der Waals surface area contributed by atoms with E-state index in [4.69, 9.17) is 11.6 Å². The number of hydrogen-bond acceptors (Lipinski definition) is 0. The van der Waals surface area contributed by atoms with Gasteiger partial charge >= 0.3 is 0 Å².